The second-order valence-electron chi connectivity index (χ2n) is 7.28. The predicted molar refractivity (Wildman–Crippen MR) is 120 cm³/mol. The van der Waals surface area contributed by atoms with Crippen molar-refractivity contribution in [1.82, 2.24) is 4.98 Å². The summed E-state index contributed by atoms with van der Waals surface area (Å²) in [6.07, 6.45) is 3.70. The first kappa shape index (κ1) is 19.5. The summed E-state index contributed by atoms with van der Waals surface area (Å²) in [7, 11) is 0. The molecule has 1 aromatic heterocycles. The Morgan fingerprint density at radius 3 is 2.40 bits per heavy atom. The number of hydrogen-bond donors (Lipinski definition) is 2. The monoisotopic (exact) mass is 397 g/mol. The van der Waals surface area contributed by atoms with Crippen molar-refractivity contribution >= 4 is 23.2 Å². The highest BCUT2D eigenvalue weighted by Crippen LogP contribution is 2.25. The molecule has 0 bridgehead atoms. The molecular formula is C24H23N5O. The zero-order chi connectivity index (χ0) is 20.8. The van der Waals surface area contributed by atoms with E-state index < -0.39 is 0 Å². The molecule has 1 fully saturated rings. The first-order valence-electron chi connectivity index (χ1n) is 10.1. The van der Waals surface area contributed by atoms with Crippen molar-refractivity contribution in [3.8, 4) is 17.3 Å². The maximum absolute atomic E-state index is 12.3. The molecule has 0 atom stereocenters. The van der Waals surface area contributed by atoms with E-state index in [1.165, 1.54) is 19.3 Å². The van der Waals surface area contributed by atoms with Gasteiger partial charge in [0.25, 0.3) is 0 Å². The summed E-state index contributed by atoms with van der Waals surface area (Å²) in [6, 6.07) is 22.2. The molecule has 150 valence electrons. The van der Waals surface area contributed by atoms with Gasteiger partial charge in [0.1, 0.15) is 5.82 Å². The van der Waals surface area contributed by atoms with Crippen molar-refractivity contribution in [2.45, 2.75) is 19.3 Å². The number of benzene rings is 2. The van der Waals surface area contributed by atoms with E-state index in [4.69, 9.17) is 10.2 Å². The number of nitrogens with one attached hydrogen (secondary N) is 2. The Balaban J connectivity index is 1.46. The normalized spacial score (nSPS) is 13.4. The van der Waals surface area contributed by atoms with Crippen LogP contribution in [0.4, 0.5) is 22.0 Å². The van der Waals surface area contributed by atoms with Crippen LogP contribution in [0.15, 0.2) is 66.7 Å². The summed E-state index contributed by atoms with van der Waals surface area (Å²) >= 11 is 0. The number of hydrogen-bond acceptors (Lipinski definition) is 4. The van der Waals surface area contributed by atoms with Gasteiger partial charge in [0.2, 0.25) is 0 Å². The molecule has 2 N–H and O–H groups in total. The van der Waals surface area contributed by atoms with Crippen LogP contribution in [-0.4, -0.2) is 24.1 Å². The summed E-state index contributed by atoms with van der Waals surface area (Å²) < 4.78 is 0. The quantitative estimate of drug-likeness (QED) is 0.630. The summed E-state index contributed by atoms with van der Waals surface area (Å²) in [5.74, 6) is 1.00. The summed E-state index contributed by atoms with van der Waals surface area (Å²) in [6.45, 7) is 2.10. The lowest BCUT2D eigenvalue weighted by molar-refractivity contribution is 0.262. The van der Waals surface area contributed by atoms with Crippen molar-refractivity contribution in [1.29, 1.82) is 5.26 Å². The number of piperidine rings is 1. The molecule has 2 heterocycles. The summed E-state index contributed by atoms with van der Waals surface area (Å²) in [5.41, 5.74) is 3.69. The number of rotatable bonds is 4. The van der Waals surface area contributed by atoms with Gasteiger partial charge in [-0.25, -0.2) is 9.78 Å². The third-order valence-electron chi connectivity index (χ3n) is 5.10. The predicted octanol–water partition coefficient (Wildman–Crippen LogP) is 5.25. The molecule has 1 saturated heterocycles. The molecule has 4 rings (SSSR count). The van der Waals surface area contributed by atoms with Crippen LogP contribution < -0.4 is 15.5 Å². The van der Waals surface area contributed by atoms with E-state index in [1.807, 2.05) is 36.4 Å². The molecule has 0 unspecified atom stereocenters. The minimum absolute atomic E-state index is 0.341. The number of anilines is 3. The van der Waals surface area contributed by atoms with E-state index >= 15 is 0 Å². The Morgan fingerprint density at radius 1 is 0.900 bits per heavy atom. The minimum Gasteiger partial charge on any atom is -0.357 e. The number of nitriles is 1. The van der Waals surface area contributed by atoms with Gasteiger partial charge >= 0.3 is 6.03 Å². The Morgan fingerprint density at radius 2 is 1.63 bits per heavy atom. The van der Waals surface area contributed by atoms with Crippen molar-refractivity contribution in [3.63, 3.8) is 0 Å². The van der Waals surface area contributed by atoms with Crippen LogP contribution in [0.2, 0.25) is 0 Å². The van der Waals surface area contributed by atoms with E-state index in [9.17, 15) is 4.79 Å². The third-order valence-corrected chi connectivity index (χ3v) is 5.10. The maximum atomic E-state index is 12.3. The van der Waals surface area contributed by atoms with Crippen molar-refractivity contribution < 1.29 is 4.79 Å². The average Bonchev–Trinajstić information content (AvgIpc) is 2.80. The lowest BCUT2D eigenvalue weighted by Gasteiger charge is -2.28. The van der Waals surface area contributed by atoms with Gasteiger partial charge in [0, 0.05) is 30.0 Å². The second-order valence-corrected chi connectivity index (χ2v) is 7.28. The van der Waals surface area contributed by atoms with Crippen LogP contribution in [0.3, 0.4) is 0 Å². The molecule has 1 aliphatic rings. The van der Waals surface area contributed by atoms with E-state index in [0.29, 0.717) is 16.9 Å². The number of aromatic nitrogens is 1. The molecular weight excluding hydrogens is 374 g/mol. The molecule has 2 amide bonds. The number of carbonyl (C=O) groups is 1. The molecule has 6 heteroatoms. The van der Waals surface area contributed by atoms with Gasteiger partial charge in [-0.05, 0) is 67.8 Å². The zero-order valence-electron chi connectivity index (χ0n) is 16.6. The van der Waals surface area contributed by atoms with Crippen molar-refractivity contribution in [2.75, 3.05) is 28.6 Å². The van der Waals surface area contributed by atoms with Gasteiger partial charge in [0.05, 0.1) is 17.3 Å². The van der Waals surface area contributed by atoms with E-state index in [1.54, 1.807) is 24.3 Å². The molecule has 0 radical (unpaired) electrons. The van der Waals surface area contributed by atoms with Gasteiger partial charge in [-0.2, -0.15) is 5.26 Å². The first-order valence-corrected chi connectivity index (χ1v) is 10.1. The number of amides is 2. The molecule has 0 saturated carbocycles. The minimum atomic E-state index is -0.341. The van der Waals surface area contributed by atoms with Gasteiger partial charge in [-0.15, -0.1) is 0 Å². The van der Waals surface area contributed by atoms with Crippen molar-refractivity contribution in [3.05, 3.63) is 72.3 Å². The molecule has 1 aliphatic heterocycles. The SMILES string of the molecule is N#Cc1ccc(NC(=O)Nc2cccc(-c3cccc(N4CCCCC4)n3)c2)cc1. The van der Waals surface area contributed by atoms with Crippen LogP contribution in [0.25, 0.3) is 11.3 Å². The summed E-state index contributed by atoms with van der Waals surface area (Å²) in [4.78, 5) is 19.5. The standard InChI is InChI=1S/C24H23N5O/c25-17-18-10-12-20(13-11-18)26-24(30)27-21-7-4-6-19(16-21)22-8-5-9-23(28-22)29-14-2-1-3-15-29/h4-13,16H,1-3,14-15H2,(H2,26,27,30). The highest BCUT2D eigenvalue weighted by atomic mass is 16.2. The second kappa shape index (κ2) is 9.10. The fraction of sp³-hybridized carbons (Fsp3) is 0.208. The zero-order valence-corrected chi connectivity index (χ0v) is 16.6. The van der Waals surface area contributed by atoms with Gasteiger partial charge in [0.15, 0.2) is 0 Å². The van der Waals surface area contributed by atoms with Crippen LogP contribution >= 0.6 is 0 Å². The lowest BCUT2D eigenvalue weighted by Crippen LogP contribution is -2.30. The number of pyridine rings is 1. The third kappa shape index (κ3) is 4.76. The molecule has 0 spiro atoms. The Kier molecular flexibility index (Phi) is 5.90. The fourth-order valence-corrected chi connectivity index (χ4v) is 3.56. The molecule has 30 heavy (non-hydrogen) atoms. The van der Waals surface area contributed by atoms with Crippen LogP contribution in [0, 0.1) is 11.3 Å². The highest BCUT2D eigenvalue weighted by Gasteiger charge is 2.13. The van der Waals surface area contributed by atoms with E-state index in [0.717, 1.165) is 30.2 Å². The Labute approximate surface area is 176 Å². The van der Waals surface area contributed by atoms with Crippen LogP contribution in [0.5, 0.6) is 0 Å². The van der Waals surface area contributed by atoms with E-state index in [-0.39, 0.29) is 6.03 Å². The first-order chi connectivity index (χ1) is 14.7. The Bertz CT molecular complexity index is 1070. The van der Waals surface area contributed by atoms with Gasteiger partial charge in [-0.3, -0.25) is 0 Å². The topological polar surface area (TPSA) is 81.0 Å². The lowest BCUT2D eigenvalue weighted by atomic mass is 10.1. The molecule has 3 aromatic rings. The summed E-state index contributed by atoms with van der Waals surface area (Å²) in [5, 5.41) is 14.5. The molecule has 2 aromatic carbocycles. The highest BCUT2D eigenvalue weighted by molar-refractivity contribution is 6.00. The average molecular weight is 397 g/mol. The van der Waals surface area contributed by atoms with Gasteiger partial charge in [-0.1, -0.05) is 18.2 Å². The number of nitrogens with zero attached hydrogens (tertiary/aromatic N) is 3. The van der Waals surface area contributed by atoms with Crippen LogP contribution in [-0.2, 0) is 0 Å². The molecule has 0 aliphatic carbocycles. The Hall–Kier alpha value is -3.85. The fourth-order valence-electron chi connectivity index (χ4n) is 3.56. The largest absolute Gasteiger partial charge is 0.357 e. The molecule has 6 nitrogen and oxygen atoms in total. The number of urea groups is 1. The van der Waals surface area contributed by atoms with Crippen molar-refractivity contribution in [2.24, 2.45) is 0 Å². The number of carbonyl (C=O) groups excluding carboxylic acids is 1. The maximum Gasteiger partial charge on any atom is 0.323 e. The van der Waals surface area contributed by atoms with Crippen LogP contribution in [0.1, 0.15) is 24.8 Å². The van der Waals surface area contributed by atoms with Gasteiger partial charge < -0.3 is 15.5 Å². The van der Waals surface area contributed by atoms with E-state index in [2.05, 4.69) is 27.7 Å². The smallest absolute Gasteiger partial charge is 0.323 e.